The molecule has 2 aromatic carbocycles. The van der Waals surface area contributed by atoms with Crippen LogP contribution in [-0.2, 0) is 9.53 Å². The maximum Gasteiger partial charge on any atom is 0.225 e. The standard InChI is InChI=1S/C29H37Cl2N3O4/c30-22-4-6-23(7-5-22)34-14-9-21(18-34)29(36)32-26(19-33-12-1-2-13-33)28(35)20-3-8-27(25(31)17-20)38-24-10-15-37-16-11-24/h3-8,17,21,24,26,28,35H,1-2,9-16,18-19H2,(H,32,36)/t21-,26+,28+/m0/s1. The second-order valence-electron chi connectivity index (χ2n) is 10.6. The molecule has 5 rings (SSSR count). The molecule has 3 atom stereocenters. The summed E-state index contributed by atoms with van der Waals surface area (Å²) < 4.78 is 11.5. The first-order valence-electron chi connectivity index (χ1n) is 13.7. The predicted molar refractivity (Wildman–Crippen MR) is 150 cm³/mol. The zero-order chi connectivity index (χ0) is 26.5. The lowest BCUT2D eigenvalue weighted by molar-refractivity contribution is -0.126. The van der Waals surface area contributed by atoms with Gasteiger partial charge >= 0.3 is 0 Å². The highest BCUT2D eigenvalue weighted by atomic mass is 35.5. The molecule has 0 spiro atoms. The van der Waals surface area contributed by atoms with E-state index in [4.69, 9.17) is 32.7 Å². The van der Waals surface area contributed by atoms with Crippen LogP contribution in [0, 0.1) is 5.92 Å². The lowest BCUT2D eigenvalue weighted by Crippen LogP contribution is -2.48. The second-order valence-corrected chi connectivity index (χ2v) is 11.4. The molecule has 0 radical (unpaired) electrons. The van der Waals surface area contributed by atoms with Crippen LogP contribution in [0.2, 0.25) is 10.0 Å². The third-order valence-electron chi connectivity index (χ3n) is 7.87. The number of rotatable bonds is 9. The van der Waals surface area contributed by atoms with E-state index in [1.165, 1.54) is 0 Å². The summed E-state index contributed by atoms with van der Waals surface area (Å²) in [5.74, 6) is 0.455. The van der Waals surface area contributed by atoms with Crippen molar-refractivity contribution < 1.29 is 19.4 Å². The van der Waals surface area contributed by atoms with E-state index in [1.807, 2.05) is 36.4 Å². The molecule has 0 saturated carbocycles. The monoisotopic (exact) mass is 561 g/mol. The van der Waals surface area contributed by atoms with Crippen molar-refractivity contribution in [3.05, 3.63) is 58.1 Å². The van der Waals surface area contributed by atoms with Gasteiger partial charge in [0.1, 0.15) is 18.0 Å². The molecular formula is C29H37Cl2N3O4. The first kappa shape index (κ1) is 27.5. The molecule has 9 heteroatoms. The number of nitrogens with one attached hydrogen (secondary N) is 1. The molecule has 1 amide bonds. The number of amides is 1. The topological polar surface area (TPSA) is 74.3 Å². The van der Waals surface area contributed by atoms with E-state index in [1.54, 1.807) is 6.07 Å². The molecule has 0 unspecified atom stereocenters. The van der Waals surface area contributed by atoms with Crippen LogP contribution in [0.15, 0.2) is 42.5 Å². The normalized spacial score (nSPS) is 22.4. The number of anilines is 1. The van der Waals surface area contributed by atoms with Gasteiger partial charge in [-0.2, -0.15) is 0 Å². The summed E-state index contributed by atoms with van der Waals surface area (Å²) in [5, 5.41) is 15.8. The third kappa shape index (κ3) is 6.93. The van der Waals surface area contributed by atoms with Crippen LogP contribution in [0.3, 0.4) is 0 Å². The number of halogens is 2. The van der Waals surface area contributed by atoms with Crippen molar-refractivity contribution in [3.8, 4) is 5.75 Å². The van der Waals surface area contributed by atoms with E-state index in [0.29, 0.717) is 47.7 Å². The van der Waals surface area contributed by atoms with Crippen LogP contribution < -0.4 is 15.0 Å². The average Bonchev–Trinajstić information content (AvgIpc) is 3.63. The fourth-order valence-corrected chi connectivity index (χ4v) is 5.99. The summed E-state index contributed by atoms with van der Waals surface area (Å²) in [4.78, 5) is 17.9. The number of aliphatic hydroxyl groups excluding tert-OH is 1. The van der Waals surface area contributed by atoms with Gasteiger partial charge in [0.2, 0.25) is 5.91 Å². The first-order chi connectivity index (χ1) is 18.5. The Morgan fingerprint density at radius 2 is 1.79 bits per heavy atom. The highest BCUT2D eigenvalue weighted by Gasteiger charge is 2.33. The van der Waals surface area contributed by atoms with Crippen LogP contribution >= 0.6 is 23.2 Å². The molecule has 3 aliphatic heterocycles. The molecule has 38 heavy (non-hydrogen) atoms. The van der Waals surface area contributed by atoms with Crippen LogP contribution in [0.4, 0.5) is 5.69 Å². The van der Waals surface area contributed by atoms with E-state index in [2.05, 4.69) is 15.1 Å². The van der Waals surface area contributed by atoms with Gasteiger partial charge in [-0.25, -0.2) is 0 Å². The minimum Gasteiger partial charge on any atom is -0.489 e. The summed E-state index contributed by atoms with van der Waals surface area (Å²) >= 11 is 12.6. The van der Waals surface area contributed by atoms with Gasteiger partial charge in [0, 0.05) is 43.2 Å². The molecular weight excluding hydrogens is 525 g/mol. The van der Waals surface area contributed by atoms with Crippen molar-refractivity contribution in [3.63, 3.8) is 0 Å². The van der Waals surface area contributed by atoms with Crippen LogP contribution in [0.25, 0.3) is 0 Å². The number of benzene rings is 2. The van der Waals surface area contributed by atoms with Crippen molar-refractivity contribution in [2.75, 3.05) is 50.8 Å². The Balaban J connectivity index is 1.25. The predicted octanol–water partition coefficient (Wildman–Crippen LogP) is 4.69. The molecule has 0 bridgehead atoms. The fourth-order valence-electron chi connectivity index (χ4n) is 5.63. The van der Waals surface area contributed by atoms with Gasteiger partial charge in [0.25, 0.3) is 0 Å². The Labute approximate surface area is 235 Å². The Kier molecular flexibility index (Phi) is 9.33. The lowest BCUT2D eigenvalue weighted by Gasteiger charge is -2.30. The van der Waals surface area contributed by atoms with E-state index in [9.17, 15) is 9.90 Å². The molecule has 7 nitrogen and oxygen atoms in total. The fraction of sp³-hybridized carbons (Fsp3) is 0.552. The van der Waals surface area contributed by atoms with Crippen molar-refractivity contribution >= 4 is 34.8 Å². The van der Waals surface area contributed by atoms with Gasteiger partial charge < -0.3 is 29.7 Å². The Morgan fingerprint density at radius 1 is 1.05 bits per heavy atom. The minimum atomic E-state index is -0.886. The molecule has 2 aromatic rings. The van der Waals surface area contributed by atoms with Crippen LogP contribution in [0.5, 0.6) is 5.75 Å². The van der Waals surface area contributed by atoms with E-state index in [-0.39, 0.29) is 17.9 Å². The summed E-state index contributed by atoms with van der Waals surface area (Å²) in [6.45, 7) is 5.38. The number of hydrogen-bond donors (Lipinski definition) is 2. The lowest BCUT2D eigenvalue weighted by atomic mass is 9.99. The Hall–Kier alpha value is -2.03. The maximum atomic E-state index is 13.4. The molecule has 2 N–H and O–H groups in total. The zero-order valence-electron chi connectivity index (χ0n) is 21.7. The number of nitrogens with zero attached hydrogens (tertiary/aromatic N) is 2. The Morgan fingerprint density at radius 3 is 2.50 bits per heavy atom. The second kappa shape index (κ2) is 12.9. The molecule has 0 aromatic heterocycles. The highest BCUT2D eigenvalue weighted by Crippen LogP contribution is 2.32. The van der Waals surface area contributed by atoms with Crippen molar-refractivity contribution in [2.24, 2.45) is 5.92 Å². The van der Waals surface area contributed by atoms with Gasteiger partial charge in [-0.05, 0) is 74.3 Å². The van der Waals surface area contributed by atoms with Crippen LogP contribution in [-0.4, -0.2) is 74.0 Å². The number of ether oxygens (including phenoxy) is 2. The average molecular weight is 563 g/mol. The van der Waals surface area contributed by atoms with Gasteiger partial charge in [0.05, 0.1) is 30.2 Å². The molecule has 0 aliphatic carbocycles. The SMILES string of the molecule is O=C(N[C@H](CN1CCCC1)[C@H](O)c1ccc(OC2CCOCC2)c(Cl)c1)[C@H]1CCN(c2ccc(Cl)cc2)C1. The molecule has 206 valence electrons. The third-order valence-corrected chi connectivity index (χ3v) is 8.42. The quantitative estimate of drug-likeness (QED) is 0.462. The summed E-state index contributed by atoms with van der Waals surface area (Å²) in [7, 11) is 0. The van der Waals surface area contributed by atoms with Crippen molar-refractivity contribution in [2.45, 2.75) is 50.4 Å². The number of carbonyl (C=O) groups is 1. The highest BCUT2D eigenvalue weighted by molar-refractivity contribution is 6.32. The number of hydrogen-bond acceptors (Lipinski definition) is 6. The molecule has 3 fully saturated rings. The maximum absolute atomic E-state index is 13.4. The smallest absolute Gasteiger partial charge is 0.225 e. The largest absolute Gasteiger partial charge is 0.489 e. The zero-order valence-corrected chi connectivity index (χ0v) is 23.2. The van der Waals surface area contributed by atoms with E-state index < -0.39 is 12.1 Å². The Bertz CT molecular complexity index is 1070. The van der Waals surface area contributed by atoms with Crippen molar-refractivity contribution in [1.82, 2.24) is 10.2 Å². The van der Waals surface area contributed by atoms with Gasteiger partial charge in [-0.1, -0.05) is 29.3 Å². The first-order valence-corrected chi connectivity index (χ1v) is 14.5. The van der Waals surface area contributed by atoms with Crippen LogP contribution in [0.1, 0.15) is 43.8 Å². The van der Waals surface area contributed by atoms with E-state index in [0.717, 1.165) is 57.4 Å². The number of aliphatic hydroxyl groups is 1. The minimum absolute atomic E-state index is 0.0183. The van der Waals surface area contributed by atoms with Gasteiger partial charge in [-0.15, -0.1) is 0 Å². The summed E-state index contributed by atoms with van der Waals surface area (Å²) in [5.41, 5.74) is 1.74. The molecule has 3 heterocycles. The molecule has 3 aliphatic rings. The summed E-state index contributed by atoms with van der Waals surface area (Å²) in [6, 6.07) is 12.7. The molecule has 3 saturated heterocycles. The summed E-state index contributed by atoms with van der Waals surface area (Å²) in [6.07, 6.45) is 3.91. The number of carbonyl (C=O) groups excluding carboxylic acids is 1. The van der Waals surface area contributed by atoms with Gasteiger partial charge in [0.15, 0.2) is 0 Å². The van der Waals surface area contributed by atoms with Gasteiger partial charge in [-0.3, -0.25) is 4.79 Å². The van der Waals surface area contributed by atoms with Crippen molar-refractivity contribution in [1.29, 1.82) is 0 Å². The van der Waals surface area contributed by atoms with E-state index >= 15 is 0 Å². The number of likely N-dealkylation sites (tertiary alicyclic amines) is 1.